The summed E-state index contributed by atoms with van der Waals surface area (Å²) in [5.41, 5.74) is 0.855. The van der Waals surface area contributed by atoms with E-state index in [1.165, 1.54) is 34.9 Å². The second-order valence-corrected chi connectivity index (χ2v) is 7.19. The van der Waals surface area contributed by atoms with Gasteiger partial charge in [0.1, 0.15) is 11.8 Å². The molecule has 3 rings (SSSR count). The van der Waals surface area contributed by atoms with E-state index in [1.54, 1.807) is 49.6 Å². The number of para-hydroxylation sites is 1. The Balaban J connectivity index is 1.68. The quantitative estimate of drug-likeness (QED) is 0.443. The predicted molar refractivity (Wildman–Crippen MR) is 112 cm³/mol. The van der Waals surface area contributed by atoms with Crippen LogP contribution in [-0.4, -0.2) is 46.4 Å². The monoisotopic (exact) mass is 413 g/mol. The summed E-state index contributed by atoms with van der Waals surface area (Å²) in [5.74, 6) is 0.875. The highest BCUT2D eigenvalue weighted by molar-refractivity contribution is 7.99. The molecule has 0 aliphatic carbocycles. The second-order valence-electron chi connectivity index (χ2n) is 6.19. The molecule has 0 spiro atoms. The van der Waals surface area contributed by atoms with Crippen molar-refractivity contribution in [3.05, 3.63) is 70.3 Å². The van der Waals surface area contributed by atoms with E-state index in [0.29, 0.717) is 28.6 Å². The minimum absolute atomic E-state index is 0.0823. The third kappa shape index (κ3) is 4.94. The van der Waals surface area contributed by atoms with Crippen LogP contribution in [0.15, 0.2) is 54.6 Å². The fourth-order valence-electron chi connectivity index (χ4n) is 2.83. The average Bonchev–Trinajstić information content (AvgIpc) is 3.23. The summed E-state index contributed by atoms with van der Waals surface area (Å²) in [6.07, 6.45) is 2.67. The van der Waals surface area contributed by atoms with Gasteiger partial charge in [-0.2, -0.15) is 0 Å². The normalized spacial score (nSPS) is 16.0. The Bertz CT molecular complexity index is 945. The third-order valence-corrected chi connectivity index (χ3v) is 5.38. The molecular weight excluding hydrogens is 394 g/mol. The van der Waals surface area contributed by atoms with Gasteiger partial charge < -0.3 is 15.0 Å². The first-order valence-corrected chi connectivity index (χ1v) is 9.90. The summed E-state index contributed by atoms with van der Waals surface area (Å²) in [6.45, 7) is 0. The number of nitro groups is 1. The van der Waals surface area contributed by atoms with Crippen molar-refractivity contribution in [2.45, 2.75) is 6.04 Å². The molecule has 9 heteroatoms. The van der Waals surface area contributed by atoms with Crippen molar-refractivity contribution in [3.63, 3.8) is 0 Å². The number of nitrogens with zero attached hydrogens (tertiary/aromatic N) is 2. The molecule has 0 saturated carbocycles. The minimum Gasteiger partial charge on any atom is -0.497 e. The van der Waals surface area contributed by atoms with Gasteiger partial charge in [-0.1, -0.05) is 12.1 Å². The number of amides is 2. The number of nitrogens with one attached hydrogen (secondary N) is 1. The molecule has 1 saturated heterocycles. The molecule has 0 bridgehead atoms. The summed E-state index contributed by atoms with van der Waals surface area (Å²) in [7, 11) is 1.56. The van der Waals surface area contributed by atoms with Crippen molar-refractivity contribution in [1.82, 2.24) is 4.90 Å². The summed E-state index contributed by atoms with van der Waals surface area (Å²) in [6, 6.07) is 12.5. The molecule has 1 N–H and O–H groups in total. The van der Waals surface area contributed by atoms with Gasteiger partial charge >= 0.3 is 0 Å². The minimum atomic E-state index is -0.620. The molecule has 1 atom stereocenters. The molecule has 1 aliphatic heterocycles. The lowest BCUT2D eigenvalue weighted by Crippen LogP contribution is -2.43. The number of methoxy groups -OCH3 is 1. The summed E-state index contributed by atoms with van der Waals surface area (Å²) < 4.78 is 5.09. The molecule has 150 valence electrons. The molecule has 0 aromatic heterocycles. The number of thioether (sulfide) groups is 1. The van der Waals surface area contributed by atoms with E-state index in [2.05, 4.69) is 5.32 Å². The number of hydrogen-bond donors (Lipinski definition) is 1. The molecule has 1 heterocycles. The molecule has 2 aromatic rings. The van der Waals surface area contributed by atoms with E-state index in [4.69, 9.17) is 4.74 Å². The van der Waals surface area contributed by atoms with Gasteiger partial charge in [0, 0.05) is 23.6 Å². The highest BCUT2D eigenvalue weighted by atomic mass is 32.2. The van der Waals surface area contributed by atoms with Crippen molar-refractivity contribution in [1.29, 1.82) is 0 Å². The predicted octanol–water partition coefficient (Wildman–Crippen LogP) is 3.16. The Hall–Kier alpha value is -3.33. The van der Waals surface area contributed by atoms with Crippen LogP contribution in [0.5, 0.6) is 5.75 Å². The van der Waals surface area contributed by atoms with Crippen LogP contribution >= 0.6 is 11.8 Å². The smallest absolute Gasteiger partial charge is 0.276 e. The van der Waals surface area contributed by atoms with Crippen LogP contribution in [0.4, 0.5) is 11.4 Å². The van der Waals surface area contributed by atoms with Crippen molar-refractivity contribution < 1.29 is 19.2 Å². The molecular formula is C20H19N3O5S. The van der Waals surface area contributed by atoms with E-state index < -0.39 is 11.0 Å². The molecule has 2 aromatic carbocycles. The zero-order valence-corrected chi connectivity index (χ0v) is 16.4. The van der Waals surface area contributed by atoms with Crippen molar-refractivity contribution in [3.8, 4) is 5.75 Å². The molecule has 1 fully saturated rings. The Morgan fingerprint density at radius 3 is 2.66 bits per heavy atom. The standard InChI is InChI=1S/C20H19N3O5S/c1-28-16-9-7-15(8-10-16)21-20(25)18-12-29-13-22(18)19(24)11-6-14-4-2-3-5-17(14)23(26)27/h2-11,18H,12-13H2,1H3,(H,21,25)/b11-6+. The summed E-state index contributed by atoms with van der Waals surface area (Å²) >= 11 is 1.48. The average molecular weight is 413 g/mol. The zero-order valence-electron chi connectivity index (χ0n) is 15.6. The van der Waals surface area contributed by atoms with E-state index in [-0.39, 0.29) is 17.5 Å². The van der Waals surface area contributed by atoms with Crippen molar-refractivity contribution in [2.75, 3.05) is 24.1 Å². The van der Waals surface area contributed by atoms with Gasteiger partial charge in [-0.05, 0) is 36.4 Å². The van der Waals surface area contributed by atoms with Crippen LogP contribution in [0.1, 0.15) is 5.56 Å². The topological polar surface area (TPSA) is 102 Å². The van der Waals surface area contributed by atoms with Crippen molar-refractivity contribution >= 4 is 41.0 Å². The Labute approximate surface area is 171 Å². The maximum absolute atomic E-state index is 12.6. The van der Waals surface area contributed by atoms with Crippen LogP contribution in [0.25, 0.3) is 6.08 Å². The van der Waals surface area contributed by atoms with Gasteiger partial charge in [0.05, 0.1) is 23.5 Å². The molecule has 29 heavy (non-hydrogen) atoms. The van der Waals surface area contributed by atoms with E-state index >= 15 is 0 Å². The number of anilines is 1. The van der Waals surface area contributed by atoms with Gasteiger partial charge in [0.15, 0.2) is 0 Å². The lowest BCUT2D eigenvalue weighted by atomic mass is 10.1. The first-order chi connectivity index (χ1) is 14.0. The zero-order chi connectivity index (χ0) is 20.8. The largest absolute Gasteiger partial charge is 0.497 e. The van der Waals surface area contributed by atoms with Crippen LogP contribution in [0.3, 0.4) is 0 Å². The first kappa shape index (κ1) is 20.4. The number of nitro benzene ring substituents is 1. The van der Waals surface area contributed by atoms with Gasteiger partial charge in [-0.25, -0.2) is 0 Å². The maximum Gasteiger partial charge on any atom is 0.276 e. The third-order valence-electron chi connectivity index (χ3n) is 4.36. The highest BCUT2D eigenvalue weighted by Gasteiger charge is 2.33. The maximum atomic E-state index is 12.6. The van der Waals surface area contributed by atoms with Crippen LogP contribution in [0, 0.1) is 10.1 Å². The number of rotatable bonds is 6. The van der Waals surface area contributed by atoms with Crippen LogP contribution < -0.4 is 10.1 Å². The van der Waals surface area contributed by atoms with E-state index in [9.17, 15) is 19.7 Å². The summed E-state index contributed by atoms with van der Waals surface area (Å²) in [5, 5.41) is 13.9. The molecule has 1 unspecified atom stereocenters. The van der Waals surface area contributed by atoms with Gasteiger partial charge in [-0.15, -0.1) is 11.8 Å². The molecule has 8 nitrogen and oxygen atoms in total. The number of carbonyl (C=O) groups excluding carboxylic acids is 2. The lowest BCUT2D eigenvalue weighted by molar-refractivity contribution is -0.385. The number of carbonyl (C=O) groups is 2. The molecule has 2 amide bonds. The Morgan fingerprint density at radius 2 is 1.97 bits per heavy atom. The number of hydrogen-bond acceptors (Lipinski definition) is 6. The van der Waals surface area contributed by atoms with Gasteiger partial charge in [0.2, 0.25) is 11.8 Å². The molecule has 1 aliphatic rings. The van der Waals surface area contributed by atoms with Gasteiger partial charge in [-0.3, -0.25) is 19.7 Å². The van der Waals surface area contributed by atoms with E-state index in [1.807, 2.05) is 0 Å². The van der Waals surface area contributed by atoms with Crippen LogP contribution in [0.2, 0.25) is 0 Å². The Morgan fingerprint density at radius 1 is 1.24 bits per heavy atom. The summed E-state index contributed by atoms with van der Waals surface area (Å²) in [4.78, 5) is 37.3. The highest BCUT2D eigenvalue weighted by Crippen LogP contribution is 2.24. The fourth-order valence-corrected chi connectivity index (χ4v) is 3.99. The fraction of sp³-hybridized carbons (Fsp3) is 0.200. The van der Waals surface area contributed by atoms with E-state index in [0.717, 1.165) is 0 Å². The van der Waals surface area contributed by atoms with Gasteiger partial charge in [0.25, 0.3) is 5.69 Å². The number of benzene rings is 2. The van der Waals surface area contributed by atoms with Crippen molar-refractivity contribution in [2.24, 2.45) is 0 Å². The second kappa shape index (κ2) is 9.24. The lowest BCUT2D eigenvalue weighted by Gasteiger charge is -2.21. The first-order valence-electron chi connectivity index (χ1n) is 8.74. The Kier molecular flexibility index (Phi) is 6.50. The van der Waals surface area contributed by atoms with Crippen LogP contribution in [-0.2, 0) is 9.59 Å². The number of ether oxygens (including phenoxy) is 1. The SMILES string of the molecule is COc1ccc(NC(=O)C2CSCN2C(=O)/C=C/c2ccccc2[N+](=O)[O-])cc1. The molecule has 0 radical (unpaired) electrons.